The first-order chi connectivity index (χ1) is 11.4. The molecule has 1 aromatic heterocycles. The SMILES string of the molecule is NS(=O)(=O)C1CC(=O)N(c2ncccc2OCc2ccccc2)C1. The Bertz CT molecular complexity index is 839. The molecule has 24 heavy (non-hydrogen) atoms. The number of primary sulfonamides is 1. The fraction of sp³-hybridized carbons (Fsp3) is 0.250. The molecule has 1 aromatic carbocycles. The fourth-order valence-electron chi connectivity index (χ4n) is 2.53. The van der Waals surface area contributed by atoms with Crippen LogP contribution in [0.2, 0.25) is 0 Å². The topological polar surface area (TPSA) is 103 Å². The lowest BCUT2D eigenvalue weighted by atomic mass is 10.2. The number of carbonyl (C=O) groups is 1. The quantitative estimate of drug-likeness (QED) is 0.871. The van der Waals surface area contributed by atoms with Crippen molar-refractivity contribution in [1.82, 2.24) is 4.98 Å². The number of ether oxygens (including phenoxy) is 1. The first kappa shape index (κ1) is 16.4. The Morgan fingerprint density at radius 1 is 1.21 bits per heavy atom. The summed E-state index contributed by atoms with van der Waals surface area (Å²) in [5.41, 5.74) is 0.975. The molecule has 1 fully saturated rings. The van der Waals surface area contributed by atoms with Crippen molar-refractivity contribution < 1.29 is 17.9 Å². The largest absolute Gasteiger partial charge is 0.485 e. The van der Waals surface area contributed by atoms with Gasteiger partial charge in [-0.25, -0.2) is 18.5 Å². The molecule has 0 spiro atoms. The van der Waals surface area contributed by atoms with E-state index in [-0.39, 0.29) is 18.9 Å². The van der Waals surface area contributed by atoms with Gasteiger partial charge in [0.25, 0.3) is 0 Å². The van der Waals surface area contributed by atoms with Crippen LogP contribution in [-0.4, -0.2) is 31.1 Å². The van der Waals surface area contributed by atoms with Crippen molar-refractivity contribution in [1.29, 1.82) is 0 Å². The smallest absolute Gasteiger partial charge is 0.229 e. The number of amides is 1. The van der Waals surface area contributed by atoms with Gasteiger partial charge in [-0.3, -0.25) is 9.69 Å². The van der Waals surface area contributed by atoms with Crippen LogP contribution >= 0.6 is 0 Å². The van der Waals surface area contributed by atoms with Crippen molar-refractivity contribution in [3.8, 4) is 5.75 Å². The highest BCUT2D eigenvalue weighted by Gasteiger charge is 2.38. The minimum Gasteiger partial charge on any atom is -0.485 e. The highest BCUT2D eigenvalue weighted by atomic mass is 32.2. The number of pyridine rings is 1. The molecule has 2 N–H and O–H groups in total. The number of nitrogens with zero attached hydrogens (tertiary/aromatic N) is 2. The van der Waals surface area contributed by atoms with Crippen molar-refractivity contribution >= 4 is 21.7 Å². The molecular weight excluding hydrogens is 330 g/mol. The second-order valence-corrected chi connectivity index (χ2v) is 7.36. The van der Waals surface area contributed by atoms with E-state index in [1.165, 1.54) is 11.1 Å². The number of rotatable bonds is 5. The zero-order chi connectivity index (χ0) is 17.2. The number of hydrogen-bond donors (Lipinski definition) is 1. The number of sulfonamides is 1. The fourth-order valence-corrected chi connectivity index (χ4v) is 3.26. The first-order valence-electron chi connectivity index (χ1n) is 7.39. The predicted octanol–water partition coefficient (Wildman–Crippen LogP) is 1.05. The van der Waals surface area contributed by atoms with Crippen molar-refractivity contribution in [2.75, 3.05) is 11.4 Å². The van der Waals surface area contributed by atoms with Gasteiger partial charge in [-0.05, 0) is 17.7 Å². The van der Waals surface area contributed by atoms with Gasteiger partial charge in [-0.15, -0.1) is 0 Å². The summed E-state index contributed by atoms with van der Waals surface area (Å²) in [4.78, 5) is 17.7. The second-order valence-electron chi connectivity index (χ2n) is 5.52. The van der Waals surface area contributed by atoms with Crippen LogP contribution in [0.15, 0.2) is 48.7 Å². The molecule has 1 unspecified atom stereocenters. The van der Waals surface area contributed by atoms with Crippen molar-refractivity contribution in [3.63, 3.8) is 0 Å². The van der Waals surface area contributed by atoms with Crippen LogP contribution in [0.5, 0.6) is 5.75 Å². The summed E-state index contributed by atoms with van der Waals surface area (Å²) in [7, 11) is -3.78. The van der Waals surface area contributed by atoms with E-state index in [9.17, 15) is 13.2 Å². The molecule has 7 nitrogen and oxygen atoms in total. The Kier molecular flexibility index (Phi) is 4.50. The average Bonchev–Trinajstić information content (AvgIpc) is 2.96. The van der Waals surface area contributed by atoms with Crippen molar-refractivity contribution in [2.45, 2.75) is 18.3 Å². The Balaban J connectivity index is 1.80. The van der Waals surface area contributed by atoms with E-state index < -0.39 is 15.3 Å². The van der Waals surface area contributed by atoms with Crippen LogP contribution in [0, 0.1) is 0 Å². The minimum atomic E-state index is -3.78. The van der Waals surface area contributed by atoms with Gasteiger partial charge in [0.05, 0.1) is 0 Å². The Hall–Kier alpha value is -2.45. The monoisotopic (exact) mass is 347 g/mol. The summed E-state index contributed by atoms with van der Waals surface area (Å²) in [6, 6.07) is 13.0. The third-order valence-electron chi connectivity index (χ3n) is 3.80. The third kappa shape index (κ3) is 3.55. The Morgan fingerprint density at radius 3 is 2.62 bits per heavy atom. The molecule has 1 aliphatic heterocycles. The molecule has 8 heteroatoms. The number of anilines is 1. The molecule has 2 heterocycles. The van der Waals surface area contributed by atoms with E-state index in [0.29, 0.717) is 18.2 Å². The lowest BCUT2D eigenvalue weighted by molar-refractivity contribution is -0.117. The number of nitrogens with two attached hydrogens (primary N) is 1. The van der Waals surface area contributed by atoms with E-state index in [2.05, 4.69) is 4.98 Å². The molecule has 0 saturated carbocycles. The standard InChI is InChI=1S/C16H17N3O4S/c17-24(21,22)13-9-15(20)19(10-13)16-14(7-4-8-18-16)23-11-12-5-2-1-3-6-12/h1-8,13H,9-11H2,(H2,17,21,22). The number of carbonyl (C=O) groups excluding carboxylic acids is 1. The lowest BCUT2D eigenvalue weighted by Gasteiger charge is -2.18. The molecule has 0 radical (unpaired) electrons. The first-order valence-corrected chi connectivity index (χ1v) is 9.00. The van der Waals surface area contributed by atoms with Crippen molar-refractivity contribution in [3.05, 3.63) is 54.2 Å². The normalized spacial score (nSPS) is 18.0. The number of hydrogen-bond acceptors (Lipinski definition) is 5. The van der Waals surface area contributed by atoms with E-state index in [4.69, 9.17) is 9.88 Å². The predicted molar refractivity (Wildman–Crippen MR) is 88.9 cm³/mol. The molecule has 3 rings (SSSR count). The summed E-state index contributed by atoms with van der Waals surface area (Å²) < 4.78 is 28.8. The molecule has 1 amide bonds. The van der Waals surface area contributed by atoms with Gasteiger partial charge < -0.3 is 4.74 Å². The zero-order valence-electron chi connectivity index (χ0n) is 12.8. The van der Waals surface area contributed by atoms with Gasteiger partial charge in [0.15, 0.2) is 11.6 Å². The molecule has 1 aliphatic rings. The summed E-state index contributed by atoms with van der Waals surface area (Å²) in [6.45, 7) is 0.302. The van der Waals surface area contributed by atoms with E-state index in [0.717, 1.165) is 5.56 Å². The maximum absolute atomic E-state index is 12.2. The zero-order valence-corrected chi connectivity index (χ0v) is 13.6. The van der Waals surface area contributed by atoms with E-state index in [1.807, 2.05) is 30.3 Å². The van der Waals surface area contributed by atoms with E-state index in [1.54, 1.807) is 12.1 Å². The lowest BCUT2D eigenvalue weighted by Crippen LogP contribution is -2.32. The summed E-state index contributed by atoms with van der Waals surface area (Å²) in [6.07, 6.45) is 1.38. The summed E-state index contributed by atoms with van der Waals surface area (Å²) in [5.74, 6) is 0.395. The molecule has 2 aromatic rings. The van der Waals surface area contributed by atoms with Crippen LogP contribution in [0.25, 0.3) is 0 Å². The average molecular weight is 347 g/mol. The van der Waals surface area contributed by atoms with Gasteiger partial charge in [-0.1, -0.05) is 30.3 Å². The summed E-state index contributed by atoms with van der Waals surface area (Å²) >= 11 is 0. The van der Waals surface area contributed by atoms with E-state index >= 15 is 0 Å². The van der Waals surface area contributed by atoms with Gasteiger partial charge in [-0.2, -0.15) is 0 Å². The molecule has 1 atom stereocenters. The van der Waals surface area contributed by atoms with Crippen LogP contribution < -0.4 is 14.8 Å². The number of benzene rings is 1. The maximum Gasteiger partial charge on any atom is 0.229 e. The van der Waals surface area contributed by atoms with Crippen molar-refractivity contribution in [2.24, 2.45) is 5.14 Å². The summed E-state index contributed by atoms with van der Waals surface area (Å²) in [5, 5.41) is 4.24. The highest BCUT2D eigenvalue weighted by molar-refractivity contribution is 7.89. The van der Waals surface area contributed by atoms with Crippen LogP contribution in [0.3, 0.4) is 0 Å². The highest BCUT2D eigenvalue weighted by Crippen LogP contribution is 2.30. The molecular formula is C16H17N3O4S. The Labute approximate surface area is 140 Å². The minimum absolute atomic E-state index is 0.0175. The van der Waals surface area contributed by atoms with Crippen LogP contribution in [0.4, 0.5) is 5.82 Å². The molecule has 1 saturated heterocycles. The number of aromatic nitrogens is 1. The van der Waals surface area contributed by atoms with Gasteiger partial charge in [0.2, 0.25) is 15.9 Å². The van der Waals surface area contributed by atoms with Gasteiger partial charge in [0.1, 0.15) is 11.9 Å². The second kappa shape index (κ2) is 6.58. The van der Waals surface area contributed by atoms with Crippen LogP contribution in [-0.2, 0) is 21.4 Å². The molecule has 126 valence electrons. The maximum atomic E-state index is 12.2. The van der Waals surface area contributed by atoms with Crippen LogP contribution in [0.1, 0.15) is 12.0 Å². The molecule has 0 aliphatic carbocycles. The molecule has 0 bridgehead atoms. The Morgan fingerprint density at radius 2 is 1.96 bits per heavy atom. The van der Waals surface area contributed by atoms with Gasteiger partial charge in [0, 0.05) is 19.2 Å². The third-order valence-corrected chi connectivity index (χ3v) is 5.04. The van der Waals surface area contributed by atoms with Gasteiger partial charge >= 0.3 is 0 Å².